The third-order valence-corrected chi connectivity index (χ3v) is 4.95. The van der Waals surface area contributed by atoms with Crippen LogP contribution in [0.3, 0.4) is 0 Å². The molecule has 1 N–H and O–H groups in total. The van der Waals surface area contributed by atoms with Gasteiger partial charge in [0.2, 0.25) is 0 Å². The molecule has 0 saturated carbocycles. The van der Waals surface area contributed by atoms with E-state index in [1.807, 2.05) is 0 Å². The maximum Gasteiger partial charge on any atom is 0.0701 e. The average Bonchev–Trinajstić information content (AvgIpc) is 2.60. The maximum atomic E-state index is 8.93. The zero-order valence-corrected chi connectivity index (χ0v) is 16.9. The summed E-state index contributed by atoms with van der Waals surface area (Å²) in [5, 5.41) is 8.93. The normalized spacial score (nSPS) is 12.6. The summed E-state index contributed by atoms with van der Waals surface area (Å²) in [5.74, 6) is 0. The van der Waals surface area contributed by atoms with Crippen molar-refractivity contribution in [2.45, 2.75) is 129 Å². The van der Waals surface area contributed by atoms with Crippen LogP contribution in [0.2, 0.25) is 0 Å². The minimum absolute atomic E-state index is 0.155. The number of hydrogen-bond acceptors (Lipinski definition) is 2. The second-order valence-electron chi connectivity index (χ2n) is 7.39. The van der Waals surface area contributed by atoms with E-state index in [0.29, 0.717) is 12.7 Å². The summed E-state index contributed by atoms with van der Waals surface area (Å²) in [6, 6.07) is 0. The molecular weight excluding hydrogens is 296 g/mol. The topological polar surface area (TPSA) is 29.5 Å². The Balaban J connectivity index is 3.37. The van der Waals surface area contributed by atoms with Crippen LogP contribution in [0, 0.1) is 0 Å². The minimum Gasteiger partial charge on any atom is -0.394 e. The number of aliphatic hydroxyl groups is 1. The van der Waals surface area contributed by atoms with E-state index in [-0.39, 0.29) is 6.61 Å². The third-order valence-electron chi connectivity index (χ3n) is 4.95. The zero-order valence-electron chi connectivity index (χ0n) is 16.9. The van der Waals surface area contributed by atoms with Gasteiger partial charge < -0.3 is 9.84 Å². The Hall–Kier alpha value is -0.0800. The molecule has 2 heteroatoms. The lowest BCUT2D eigenvalue weighted by molar-refractivity contribution is 0.0168. The number of rotatable bonds is 20. The fourth-order valence-electron chi connectivity index (χ4n) is 3.37. The first-order chi connectivity index (χ1) is 11.8. The highest BCUT2D eigenvalue weighted by Crippen LogP contribution is 2.16. The second-order valence-corrected chi connectivity index (χ2v) is 7.39. The van der Waals surface area contributed by atoms with E-state index in [2.05, 4.69) is 13.8 Å². The van der Waals surface area contributed by atoms with Gasteiger partial charge in [0.1, 0.15) is 0 Å². The molecule has 0 saturated heterocycles. The van der Waals surface area contributed by atoms with Crippen molar-refractivity contribution in [1.29, 1.82) is 0 Å². The monoisotopic (exact) mass is 342 g/mol. The Morgan fingerprint density at radius 1 is 0.583 bits per heavy atom. The van der Waals surface area contributed by atoms with Crippen LogP contribution >= 0.6 is 0 Å². The van der Waals surface area contributed by atoms with E-state index in [1.165, 1.54) is 109 Å². The molecule has 24 heavy (non-hydrogen) atoms. The molecule has 146 valence electrons. The Morgan fingerprint density at radius 2 is 0.958 bits per heavy atom. The Morgan fingerprint density at radius 3 is 1.42 bits per heavy atom. The lowest BCUT2D eigenvalue weighted by atomic mass is 10.0. The van der Waals surface area contributed by atoms with Crippen LogP contribution in [0.4, 0.5) is 0 Å². The summed E-state index contributed by atoms with van der Waals surface area (Å²) in [7, 11) is 0. The van der Waals surface area contributed by atoms with E-state index in [0.717, 1.165) is 0 Å². The Bertz CT molecular complexity index is 218. The predicted octanol–water partition coefficient (Wildman–Crippen LogP) is 7.04. The number of aliphatic hydroxyl groups excluding tert-OH is 1. The largest absolute Gasteiger partial charge is 0.394 e. The number of ether oxygens (including phenoxy) is 1. The molecule has 0 radical (unpaired) electrons. The summed E-state index contributed by atoms with van der Waals surface area (Å²) in [6.45, 7) is 5.19. The van der Waals surface area contributed by atoms with Crippen LogP contribution in [0.1, 0.15) is 123 Å². The Kier molecular flexibility index (Phi) is 20.9. The predicted molar refractivity (Wildman–Crippen MR) is 107 cm³/mol. The molecule has 0 aliphatic rings. The molecule has 0 bridgehead atoms. The molecule has 1 unspecified atom stereocenters. The van der Waals surface area contributed by atoms with Gasteiger partial charge in [0.05, 0.1) is 19.3 Å². The summed E-state index contributed by atoms with van der Waals surface area (Å²) in [5.41, 5.74) is 0. The molecule has 0 rings (SSSR count). The fraction of sp³-hybridized carbons (Fsp3) is 1.00. The lowest BCUT2D eigenvalue weighted by Gasteiger charge is -2.17. The molecule has 0 spiro atoms. The van der Waals surface area contributed by atoms with Crippen molar-refractivity contribution in [2.24, 2.45) is 0 Å². The molecule has 0 aliphatic carbocycles. The van der Waals surface area contributed by atoms with E-state index in [9.17, 15) is 0 Å². The quantitative estimate of drug-likeness (QED) is 0.240. The number of hydrogen-bond donors (Lipinski definition) is 1. The van der Waals surface area contributed by atoms with Crippen molar-refractivity contribution < 1.29 is 9.84 Å². The van der Waals surface area contributed by atoms with E-state index in [4.69, 9.17) is 9.84 Å². The highest BCUT2D eigenvalue weighted by molar-refractivity contribution is 4.60. The average molecular weight is 343 g/mol. The van der Waals surface area contributed by atoms with Crippen LogP contribution < -0.4 is 0 Å². The van der Waals surface area contributed by atoms with Crippen LogP contribution in [0.25, 0.3) is 0 Å². The first kappa shape index (κ1) is 23.9. The maximum absolute atomic E-state index is 8.93. The molecule has 0 aliphatic heterocycles. The van der Waals surface area contributed by atoms with Gasteiger partial charge in [0, 0.05) is 0 Å². The summed E-state index contributed by atoms with van der Waals surface area (Å²) in [4.78, 5) is 0. The lowest BCUT2D eigenvalue weighted by Crippen LogP contribution is -2.15. The molecular formula is C22H46O2. The van der Waals surface area contributed by atoms with Crippen LogP contribution in [0.15, 0.2) is 0 Å². The minimum atomic E-state index is 0.155. The summed E-state index contributed by atoms with van der Waals surface area (Å²) in [6.07, 6.45) is 23.4. The molecule has 2 nitrogen and oxygen atoms in total. The SMILES string of the molecule is CCCCCCCCCCCCCCC(CCCCC)OCCO. The van der Waals surface area contributed by atoms with Gasteiger partial charge >= 0.3 is 0 Å². The van der Waals surface area contributed by atoms with Gasteiger partial charge in [-0.2, -0.15) is 0 Å². The molecule has 1 atom stereocenters. The van der Waals surface area contributed by atoms with E-state index < -0.39 is 0 Å². The molecule has 0 aromatic carbocycles. The number of unbranched alkanes of at least 4 members (excludes halogenated alkanes) is 13. The smallest absolute Gasteiger partial charge is 0.0701 e. The summed E-state index contributed by atoms with van der Waals surface area (Å²) < 4.78 is 5.79. The third kappa shape index (κ3) is 18.3. The van der Waals surface area contributed by atoms with Crippen LogP contribution in [-0.2, 0) is 4.74 Å². The van der Waals surface area contributed by atoms with Crippen molar-refractivity contribution in [2.75, 3.05) is 13.2 Å². The van der Waals surface area contributed by atoms with E-state index >= 15 is 0 Å². The molecule has 0 aromatic rings. The highest BCUT2D eigenvalue weighted by atomic mass is 16.5. The molecule has 0 fully saturated rings. The molecule has 0 amide bonds. The van der Waals surface area contributed by atoms with Gasteiger partial charge in [0.15, 0.2) is 0 Å². The standard InChI is InChI=1S/C22H46O2/c1-3-5-7-8-9-10-11-12-13-14-15-17-19-22(24-21-20-23)18-16-6-4-2/h22-23H,3-21H2,1-2H3. The van der Waals surface area contributed by atoms with Gasteiger partial charge in [0.25, 0.3) is 0 Å². The highest BCUT2D eigenvalue weighted by Gasteiger charge is 2.08. The van der Waals surface area contributed by atoms with Crippen molar-refractivity contribution >= 4 is 0 Å². The van der Waals surface area contributed by atoms with Gasteiger partial charge in [-0.15, -0.1) is 0 Å². The molecule has 0 heterocycles. The van der Waals surface area contributed by atoms with Crippen molar-refractivity contribution in [1.82, 2.24) is 0 Å². The van der Waals surface area contributed by atoms with Gasteiger partial charge in [-0.25, -0.2) is 0 Å². The van der Waals surface area contributed by atoms with Gasteiger partial charge in [-0.1, -0.05) is 110 Å². The van der Waals surface area contributed by atoms with Crippen molar-refractivity contribution in [3.63, 3.8) is 0 Å². The van der Waals surface area contributed by atoms with Crippen molar-refractivity contribution in [3.05, 3.63) is 0 Å². The first-order valence-corrected chi connectivity index (χ1v) is 11.1. The van der Waals surface area contributed by atoms with Gasteiger partial charge in [-0.05, 0) is 12.8 Å². The zero-order chi connectivity index (χ0) is 17.7. The van der Waals surface area contributed by atoms with Gasteiger partial charge in [-0.3, -0.25) is 0 Å². The van der Waals surface area contributed by atoms with E-state index in [1.54, 1.807) is 0 Å². The van der Waals surface area contributed by atoms with Crippen LogP contribution in [0.5, 0.6) is 0 Å². The second kappa shape index (κ2) is 21.0. The van der Waals surface area contributed by atoms with Crippen molar-refractivity contribution in [3.8, 4) is 0 Å². The Labute approximate surface area is 152 Å². The first-order valence-electron chi connectivity index (χ1n) is 11.1. The fourth-order valence-corrected chi connectivity index (χ4v) is 3.37. The molecule has 0 aromatic heterocycles. The van der Waals surface area contributed by atoms with Crippen LogP contribution in [-0.4, -0.2) is 24.4 Å². The summed E-state index contributed by atoms with van der Waals surface area (Å²) >= 11 is 0.